The summed E-state index contributed by atoms with van der Waals surface area (Å²) in [6.45, 7) is 2.06. The molecular weight excluding hydrogens is 410 g/mol. The largest absolute Gasteiger partial charge is 0.496 e. The minimum Gasteiger partial charge on any atom is -0.496 e. The number of hydrogen-bond acceptors (Lipinski definition) is 4. The zero-order chi connectivity index (χ0) is 22.6. The summed E-state index contributed by atoms with van der Waals surface area (Å²) in [6, 6.07) is 6.22. The molecule has 4 heteroatoms. The molecule has 1 aromatic carbocycles. The second kappa shape index (κ2) is 8.29. The molecule has 7 rings (SSSR count). The van der Waals surface area contributed by atoms with Gasteiger partial charge >= 0.3 is 0 Å². The van der Waals surface area contributed by atoms with Crippen LogP contribution < -0.4 is 4.74 Å². The Labute approximate surface area is 197 Å². The molecule has 0 saturated heterocycles. The first-order valence-corrected chi connectivity index (χ1v) is 13.2. The maximum absolute atomic E-state index is 12.8. The van der Waals surface area contributed by atoms with E-state index in [1.165, 1.54) is 68.3 Å². The number of benzene rings is 1. The van der Waals surface area contributed by atoms with E-state index in [1.54, 1.807) is 7.11 Å². The van der Waals surface area contributed by atoms with Gasteiger partial charge in [0.2, 0.25) is 0 Å². The molecule has 0 N–H and O–H groups in total. The number of aromatic nitrogens is 1. The predicted octanol–water partition coefficient (Wildman–Crippen LogP) is 6.47. The van der Waals surface area contributed by atoms with Crippen molar-refractivity contribution in [1.29, 1.82) is 0 Å². The van der Waals surface area contributed by atoms with Gasteiger partial charge in [-0.05, 0) is 106 Å². The molecule has 0 atom stereocenters. The summed E-state index contributed by atoms with van der Waals surface area (Å²) in [7, 11) is 1.70. The normalized spacial score (nSPS) is 30.1. The SMILES string of the molecule is COc1cc(C)ccc1CCC(=O)CCc1noc(C23CC4CC(CC(C4)C2)C3)c1C1CC1. The molecule has 1 aromatic heterocycles. The van der Waals surface area contributed by atoms with Crippen molar-refractivity contribution in [3.63, 3.8) is 0 Å². The Kier molecular flexibility index (Phi) is 5.38. The molecular formula is C29H37NO3. The van der Waals surface area contributed by atoms with Crippen LogP contribution in [0.4, 0.5) is 0 Å². The number of methoxy groups -OCH3 is 1. The fourth-order valence-electron chi connectivity index (χ4n) is 7.79. The fourth-order valence-corrected chi connectivity index (χ4v) is 7.79. The summed E-state index contributed by atoms with van der Waals surface area (Å²) < 4.78 is 11.7. The topological polar surface area (TPSA) is 52.3 Å². The molecule has 4 bridgehead atoms. The lowest BCUT2D eigenvalue weighted by atomic mass is 9.48. The molecule has 33 heavy (non-hydrogen) atoms. The molecule has 0 amide bonds. The third kappa shape index (κ3) is 4.04. The van der Waals surface area contributed by atoms with Crippen molar-refractivity contribution >= 4 is 5.78 Å². The van der Waals surface area contributed by atoms with E-state index in [2.05, 4.69) is 24.2 Å². The van der Waals surface area contributed by atoms with Gasteiger partial charge < -0.3 is 9.26 Å². The maximum atomic E-state index is 12.8. The monoisotopic (exact) mass is 447 g/mol. The molecule has 0 aliphatic heterocycles. The zero-order valence-corrected chi connectivity index (χ0v) is 20.2. The van der Waals surface area contributed by atoms with Gasteiger partial charge in [0.05, 0.1) is 12.8 Å². The lowest BCUT2D eigenvalue weighted by molar-refractivity contribution is -0.119. The fraction of sp³-hybridized carbons (Fsp3) is 0.655. The number of nitrogens with zero attached hydrogens (tertiary/aromatic N) is 1. The Hall–Kier alpha value is -2.10. The number of carbonyl (C=O) groups is 1. The molecule has 5 aliphatic rings. The highest BCUT2D eigenvalue weighted by Gasteiger charge is 2.55. The average molecular weight is 448 g/mol. The van der Waals surface area contributed by atoms with Crippen LogP contribution in [0.2, 0.25) is 0 Å². The standard InChI is InChI=1S/C29H37NO3/c1-18-3-4-22(26(11-18)32-2)7-8-24(31)9-10-25-27(23-5-6-23)28(33-30-25)29-15-19-12-20(16-29)14-21(13-19)17-29/h3-4,11,19-21,23H,5-10,12-17H2,1-2H3. The van der Waals surface area contributed by atoms with Crippen molar-refractivity contribution in [3.05, 3.63) is 46.3 Å². The number of rotatable bonds is 9. The Balaban J connectivity index is 1.14. The molecule has 0 radical (unpaired) electrons. The van der Waals surface area contributed by atoms with Crippen molar-refractivity contribution in [3.8, 4) is 5.75 Å². The smallest absolute Gasteiger partial charge is 0.146 e. The van der Waals surface area contributed by atoms with Crippen LogP contribution in [-0.4, -0.2) is 18.0 Å². The van der Waals surface area contributed by atoms with E-state index in [-0.39, 0.29) is 5.41 Å². The van der Waals surface area contributed by atoms with Gasteiger partial charge in [0, 0.05) is 30.2 Å². The highest BCUT2D eigenvalue weighted by Crippen LogP contribution is 2.62. The Morgan fingerprint density at radius 1 is 1.06 bits per heavy atom. The van der Waals surface area contributed by atoms with E-state index in [0.29, 0.717) is 24.5 Å². The minimum absolute atomic E-state index is 0.254. The first-order valence-electron chi connectivity index (χ1n) is 13.2. The second-order valence-corrected chi connectivity index (χ2v) is 11.7. The minimum atomic E-state index is 0.254. The first-order chi connectivity index (χ1) is 16.0. The summed E-state index contributed by atoms with van der Waals surface area (Å²) in [5.41, 5.74) is 5.05. The molecule has 5 saturated carbocycles. The highest BCUT2D eigenvalue weighted by atomic mass is 16.5. The lowest BCUT2D eigenvalue weighted by Gasteiger charge is -2.55. The molecule has 5 aliphatic carbocycles. The van der Waals surface area contributed by atoms with Crippen molar-refractivity contribution in [2.75, 3.05) is 7.11 Å². The number of Topliss-reactive ketones (excluding diaryl/α,β-unsaturated/α-hetero) is 1. The first kappa shape index (κ1) is 21.4. The van der Waals surface area contributed by atoms with Crippen LogP contribution in [0, 0.1) is 24.7 Å². The number of hydrogen-bond donors (Lipinski definition) is 0. The molecule has 2 aromatic rings. The van der Waals surface area contributed by atoms with Crippen molar-refractivity contribution in [2.24, 2.45) is 17.8 Å². The zero-order valence-electron chi connectivity index (χ0n) is 20.2. The van der Waals surface area contributed by atoms with Gasteiger partial charge in [-0.2, -0.15) is 0 Å². The summed E-state index contributed by atoms with van der Waals surface area (Å²) in [6.07, 6.45) is 13.3. The Morgan fingerprint density at radius 2 is 1.73 bits per heavy atom. The summed E-state index contributed by atoms with van der Waals surface area (Å²) in [4.78, 5) is 12.8. The highest BCUT2D eigenvalue weighted by molar-refractivity contribution is 5.79. The van der Waals surface area contributed by atoms with Crippen molar-refractivity contribution < 1.29 is 14.1 Å². The third-order valence-corrected chi connectivity index (χ3v) is 9.06. The van der Waals surface area contributed by atoms with Crippen molar-refractivity contribution in [2.45, 2.75) is 95.3 Å². The quantitative estimate of drug-likeness (QED) is 0.442. The van der Waals surface area contributed by atoms with Gasteiger partial charge in [0.25, 0.3) is 0 Å². The molecule has 0 unspecified atom stereocenters. The molecule has 1 heterocycles. The molecule has 4 nitrogen and oxygen atoms in total. The van der Waals surface area contributed by atoms with Crippen LogP contribution in [0.1, 0.15) is 98.3 Å². The maximum Gasteiger partial charge on any atom is 0.146 e. The van der Waals surface area contributed by atoms with Crippen LogP contribution in [0.3, 0.4) is 0 Å². The molecule has 0 spiro atoms. The second-order valence-electron chi connectivity index (χ2n) is 11.7. The number of aryl methyl sites for hydroxylation is 3. The van der Waals surface area contributed by atoms with E-state index >= 15 is 0 Å². The number of ether oxygens (including phenoxy) is 1. The summed E-state index contributed by atoms with van der Waals surface area (Å²) in [5.74, 6) is 5.76. The summed E-state index contributed by atoms with van der Waals surface area (Å²) in [5, 5.41) is 4.61. The van der Waals surface area contributed by atoms with Gasteiger partial charge in [-0.25, -0.2) is 0 Å². The van der Waals surface area contributed by atoms with Crippen LogP contribution >= 0.6 is 0 Å². The Bertz CT molecular complexity index is 1010. The van der Waals surface area contributed by atoms with Crippen molar-refractivity contribution in [1.82, 2.24) is 5.16 Å². The molecule has 176 valence electrons. The third-order valence-electron chi connectivity index (χ3n) is 9.06. The molecule has 5 fully saturated rings. The van der Waals surface area contributed by atoms with Crippen LogP contribution in [0.25, 0.3) is 0 Å². The number of carbonyl (C=O) groups excluding carboxylic acids is 1. The number of ketones is 1. The van der Waals surface area contributed by atoms with E-state index in [9.17, 15) is 4.79 Å². The average Bonchev–Trinajstić information content (AvgIpc) is 3.54. The summed E-state index contributed by atoms with van der Waals surface area (Å²) >= 11 is 0. The van der Waals surface area contributed by atoms with Crippen LogP contribution in [0.15, 0.2) is 22.7 Å². The Morgan fingerprint density at radius 3 is 2.36 bits per heavy atom. The van der Waals surface area contributed by atoms with E-state index in [1.807, 2.05) is 6.07 Å². The van der Waals surface area contributed by atoms with Gasteiger partial charge in [-0.1, -0.05) is 17.3 Å². The predicted molar refractivity (Wildman–Crippen MR) is 128 cm³/mol. The lowest BCUT2D eigenvalue weighted by Crippen LogP contribution is -2.48. The van der Waals surface area contributed by atoms with E-state index < -0.39 is 0 Å². The van der Waals surface area contributed by atoms with Gasteiger partial charge in [-0.3, -0.25) is 4.79 Å². The van der Waals surface area contributed by atoms with Gasteiger partial charge in [-0.15, -0.1) is 0 Å². The van der Waals surface area contributed by atoms with Gasteiger partial charge in [0.15, 0.2) is 0 Å². The van der Waals surface area contributed by atoms with E-state index in [0.717, 1.165) is 47.6 Å². The van der Waals surface area contributed by atoms with Gasteiger partial charge in [0.1, 0.15) is 17.3 Å². The van der Waals surface area contributed by atoms with Crippen LogP contribution in [-0.2, 0) is 23.1 Å². The van der Waals surface area contributed by atoms with Crippen LogP contribution in [0.5, 0.6) is 5.75 Å². The van der Waals surface area contributed by atoms with E-state index in [4.69, 9.17) is 9.26 Å².